The van der Waals surface area contributed by atoms with Gasteiger partial charge in [-0.1, -0.05) is 23.2 Å². The fourth-order valence-electron chi connectivity index (χ4n) is 2.28. The lowest BCUT2D eigenvalue weighted by atomic mass is 10.3. The second-order valence-electron chi connectivity index (χ2n) is 5.37. The van der Waals surface area contributed by atoms with Gasteiger partial charge in [0.1, 0.15) is 5.75 Å². The van der Waals surface area contributed by atoms with Gasteiger partial charge in [-0.05, 0) is 59.8 Å². The number of anilines is 1. The molecule has 3 rings (SSSR count). The van der Waals surface area contributed by atoms with Gasteiger partial charge in [0.25, 0.3) is 0 Å². The van der Waals surface area contributed by atoms with Gasteiger partial charge in [-0.2, -0.15) is 4.68 Å². The maximum Gasteiger partial charge on any atom is 0.319 e. The first-order valence-corrected chi connectivity index (χ1v) is 8.83. The molecule has 140 valence electrons. The summed E-state index contributed by atoms with van der Waals surface area (Å²) in [5.41, 5.74) is 1.28. The van der Waals surface area contributed by atoms with Crippen molar-refractivity contribution in [1.29, 1.82) is 0 Å². The number of benzene rings is 2. The summed E-state index contributed by atoms with van der Waals surface area (Å²) in [6, 6.07) is 11.7. The van der Waals surface area contributed by atoms with E-state index in [1.807, 2.05) is 31.2 Å². The van der Waals surface area contributed by atoms with Crippen LogP contribution in [0.3, 0.4) is 0 Å². The van der Waals surface area contributed by atoms with Crippen molar-refractivity contribution in [2.24, 2.45) is 0 Å². The molecule has 0 radical (unpaired) electrons. The lowest BCUT2D eigenvalue weighted by Crippen LogP contribution is -2.29. The Balaban J connectivity index is 1.62. The third-order valence-electron chi connectivity index (χ3n) is 3.51. The number of hydrogen-bond acceptors (Lipinski definition) is 5. The fourth-order valence-corrected chi connectivity index (χ4v) is 2.57. The first-order valence-electron chi connectivity index (χ1n) is 8.07. The topological polar surface area (TPSA) is 94.0 Å². The van der Waals surface area contributed by atoms with E-state index >= 15 is 0 Å². The van der Waals surface area contributed by atoms with Crippen molar-refractivity contribution in [3.63, 3.8) is 0 Å². The SMILES string of the molecule is CCOc1ccc(-n2nnnc2CNC(=O)Nc2ccc(Cl)c(Cl)c2)cc1. The molecular formula is C17H16Cl2N6O2. The van der Waals surface area contributed by atoms with Crippen LogP contribution in [0, 0.1) is 0 Å². The Hall–Kier alpha value is -2.84. The normalized spacial score (nSPS) is 10.5. The molecule has 0 saturated carbocycles. The molecule has 0 aliphatic carbocycles. The number of carbonyl (C=O) groups excluding carboxylic acids is 1. The van der Waals surface area contributed by atoms with Gasteiger partial charge >= 0.3 is 6.03 Å². The number of tetrazole rings is 1. The first kappa shape index (κ1) is 18.9. The van der Waals surface area contributed by atoms with E-state index in [-0.39, 0.29) is 6.54 Å². The van der Waals surface area contributed by atoms with Gasteiger partial charge in [-0.25, -0.2) is 4.79 Å². The molecule has 2 amide bonds. The number of aromatic nitrogens is 4. The lowest BCUT2D eigenvalue weighted by molar-refractivity contribution is 0.251. The molecule has 1 aromatic heterocycles. The smallest absolute Gasteiger partial charge is 0.319 e. The number of halogens is 2. The first-order chi connectivity index (χ1) is 13.1. The molecule has 0 aliphatic rings. The minimum atomic E-state index is -0.422. The van der Waals surface area contributed by atoms with Crippen LogP contribution in [-0.2, 0) is 6.54 Å². The maximum atomic E-state index is 12.1. The number of nitrogens with one attached hydrogen (secondary N) is 2. The van der Waals surface area contributed by atoms with Crippen molar-refractivity contribution in [2.75, 3.05) is 11.9 Å². The summed E-state index contributed by atoms with van der Waals surface area (Å²) >= 11 is 11.8. The van der Waals surface area contributed by atoms with Crippen LogP contribution in [0.4, 0.5) is 10.5 Å². The highest BCUT2D eigenvalue weighted by Crippen LogP contribution is 2.24. The van der Waals surface area contributed by atoms with Crippen LogP contribution in [0.15, 0.2) is 42.5 Å². The molecule has 2 N–H and O–H groups in total. The summed E-state index contributed by atoms with van der Waals surface area (Å²) < 4.78 is 6.95. The predicted molar refractivity (Wildman–Crippen MR) is 103 cm³/mol. The summed E-state index contributed by atoms with van der Waals surface area (Å²) in [5.74, 6) is 1.23. The number of urea groups is 1. The molecule has 0 atom stereocenters. The number of rotatable bonds is 6. The summed E-state index contributed by atoms with van der Waals surface area (Å²) in [5, 5.41) is 17.7. The van der Waals surface area contributed by atoms with E-state index in [0.717, 1.165) is 11.4 Å². The van der Waals surface area contributed by atoms with Gasteiger partial charge in [-0.3, -0.25) is 0 Å². The minimum absolute atomic E-state index is 0.132. The third-order valence-corrected chi connectivity index (χ3v) is 4.25. The van der Waals surface area contributed by atoms with E-state index in [4.69, 9.17) is 27.9 Å². The van der Waals surface area contributed by atoms with E-state index in [9.17, 15) is 4.79 Å². The van der Waals surface area contributed by atoms with E-state index in [1.54, 1.807) is 18.2 Å². The zero-order chi connectivity index (χ0) is 19.2. The molecule has 0 unspecified atom stereocenters. The Morgan fingerprint density at radius 2 is 1.93 bits per heavy atom. The third kappa shape index (κ3) is 4.87. The molecule has 0 spiro atoms. The van der Waals surface area contributed by atoms with Crippen LogP contribution in [0.1, 0.15) is 12.7 Å². The minimum Gasteiger partial charge on any atom is -0.494 e. The maximum absolute atomic E-state index is 12.1. The van der Waals surface area contributed by atoms with E-state index in [2.05, 4.69) is 26.2 Å². The second-order valence-corrected chi connectivity index (χ2v) is 6.18. The quantitative estimate of drug-likeness (QED) is 0.650. The number of carbonyl (C=O) groups is 1. The largest absolute Gasteiger partial charge is 0.494 e. The van der Waals surface area contributed by atoms with Crippen molar-refractivity contribution in [3.05, 3.63) is 58.3 Å². The Labute approximate surface area is 165 Å². The molecule has 3 aromatic rings. The Morgan fingerprint density at radius 1 is 1.15 bits per heavy atom. The summed E-state index contributed by atoms with van der Waals surface area (Å²) in [6.07, 6.45) is 0. The zero-order valence-electron chi connectivity index (χ0n) is 14.3. The average Bonchev–Trinajstić information content (AvgIpc) is 3.13. The second kappa shape index (κ2) is 8.70. The molecule has 1 heterocycles. The molecule has 27 heavy (non-hydrogen) atoms. The van der Waals surface area contributed by atoms with Crippen molar-refractivity contribution < 1.29 is 9.53 Å². The van der Waals surface area contributed by atoms with Crippen molar-refractivity contribution >= 4 is 34.9 Å². The van der Waals surface area contributed by atoms with Gasteiger partial charge in [0.2, 0.25) is 0 Å². The highest BCUT2D eigenvalue weighted by atomic mass is 35.5. The monoisotopic (exact) mass is 406 g/mol. The molecule has 10 heteroatoms. The highest BCUT2D eigenvalue weighted by Gasteiger charge is 2.11. The molecule has 0 bridgehead atoms. The van der Waals surface area contributed by atoms with Crippen LogP contribution in [0.5, 0.6) is 5.75 Å². The van der Waals surface area contributed by atoms with Crippen LogP contribution >= 0.6 is 23.2 Å². The van der Waals surface area contributed by atoms with Crippen molar-refractivity contribution in [2.45, 2.75) is 13.5 Å². The molecular weight excluding hydrogens is 391 g/mol. The summed E-state index contributed by atoms with van der Waals surface area (Å²) in [4.78, 5) is 12.1. The van der Waals surface area contributed by atoms with Crippen LogP contribution in [0.25, 0.3) is 5.69 Å². The molecule has 8 nitrogen and oxygen atoms in total. The Bertz CT molecular complexity index is 929. The Kier molecular flexibility index (Phi) is 6.10. The average molecular weight is 407 g/mol. The number of amides is 2. The van der Waals surface area contributed by atoms with Crippen molar-refractivity contribution in [1.82, 2.24) is 25.5 Å². The van der Waals surface area contributed by atoms with Gasteiger partial charge in [0, 0.05) is 5.69 Å². The van der Waals surface area contributed by atoms with Crippen LogP contribution in [-0.4, -0.2) is 32.8 Å². The van der Waals surface area contributed by atoms with E-state index in [1.165, 1.54) is 4.68 Å². The van der Waals surface area contributed by atoms with Gasteiger partial charge in [-0.15, -0.1) is 5.10 Å². The zero-order valence-corrected chi connectivity index (χ0v) is 15.8. The van der Waals surface area contributed by atoms with Gasteiger partial charge < -0.3 is 15.4 Å². The van der Waals surface area contributed by atoms with E-state index < -0.39 is 6.03 Å². The molecule has 2 aromatic carbocycles. The van der Waals surface area contributed by atoms with Crippen LogP contribution in [0.2, 0.25) is 10.0 Å². The molecule has 0 saturated heterocycles. The van der Waals surface area contributed by atoms with Gasteiger partial charge in [0.05, 0.1) is 28.9 Å². The predicted octanol–water partition coefficient (Wildman–Crippen LogP) is 3.69. The summed E-state index contributed by atoms with van der Waals surface area (Å²) in [7, 11) is 0. The number of hydrogen-bond donors (Lipinski definition) is 2. The highest BCUT2D eigenvalue weighted by molar-refractivity contribution is 6.42. The standard InChI is InChI=1S/C17H16Cl2N6O2/c1-2-27-13-6-4-12(5-7-13)25-16(22-23-24-25)10-20-17(26)21-11-3-8-14(18)15(19)9-11/h3-9H,2,10H2,1H3,(H2,20,21,26). The fraction of sp³-hybridized carbons (Fsp3) is 0.176. The molecule has 0 aliphatic heterocycles. The van der Waals surface area contributed by atoms with Crippen molar-refractivity contribution in [3.8, 4) is 11.4 Å². The number of nitrogens with zero attached hydrogens (tertiary/aromatic N) is 4. The molecule has 0 fully saturated rings. The number of ether oxygens (including phenoxy) is 1. The van der Waals surface area contributed by atoms with E-state index in [0.29, 0.717) is 28.2 Å². The van der Waals surface area contributed by atoms with Crippen LogP contribution < -0.4 is 15.4 Å². The van der Waals surface area contributed by atoms with Gasteiger partial charge in [0.15, 0.2) is 5.82 Å². The lowest BCUT2D eigenvalue weighted by Gasteiger charge is -2.09. The Morgan fingerprint density at radius 3 is 2.63 bits per heavy atom. The summed E-state index contributed by atoms with van der Waals surface area (Å²) in [6.45, 7) is 2.64.